The number of benzene rings is 2. The van der Waals surface area contributed by atoms with E-state index in [0.717, 1.165) is 11.1 Å². The lowest BCUT2D eigenvalue weighted by molar-refractivity contribution is -0.140. The summed E-state index contributed by atoms with van der Waals surface area (Å²) in [4.78, 5) is 36.2. The van der Waals surface area contributed by atoms with Gasteiger partial charge in [-0.15, -0.1) is 0 Å². The molecule has 2 aromatic heterocycles. The van der Waals surface area contributed by atoms with E-state index < -0.39 is 0 Å². The highest BCUT2D eigenvalue weighted by atomic mass is 19.1. The van der Waals surface area contributed by atoms with E-state index in [0.29, 0.717) is 35.7 Å². The third-order valence-corrected chi connectivity index (χ3v) is 5.57. The Kier molecular flexibility index (Phi) is 7.05. The highest BCUT2D eigenvalue weighted by Gasteiger charge is 2.21. The van der Waals surface area contributed by atoms with Crippen molar-refractivity contribution in [1.82, 2.24) is 19.5 Å². The van der Waals surface area contributed by atoms with E-state index in [1.54, 1.807) is 30.6 Å². The molecule has 0 bridgehead atoms. The molecule has 8 nitrogen and oxygen atoms in total. The van der Waals surface area contributed by atoms with Gasteiger partial charge in [-0.3, -0.25) is 9.59 Å². The maximum Gasteiger partial charge on any atom is 0.305 e. The second kappa shape index (κ2) is 10.3. The molecular weight excluding hydrogens is 449 g/mol. The maximum absolute atomic E-state index is 13.4. The van der Waals surface area contributed by atoms with E-state index in [4.69, 9.17) is 0 Å². The number of nitrogens with one attached hydrogen (secondary N) is 2. The molecule has 0 saturated carbocycles. The number of carbonyl (C=O) groups is 2. The van der Waals surface area contributed by atoms with Crippen molar-refractivity contribution >= 4 is 17.6 Å². The van der Waals surface area contributed by atoms with Crippen molar-refractivity contribution in [3.05, 3.63) is 78.1 Å². The molecule has 0 aliphatic rings. The number of methoxy groups -OCH3 is 1. The van der Waals surface area contributed by atoms with Crippen LogP contribution in [0.25, 0.3) is 22.8 Å². The van der Waals surface area contributed by atoms with Crippen LogP contribution < -0.4 is 5.32 Å². The average Bonchev–Trinajstić information content (AvgIpc) is 3.51. The lowest BCUT2D eigenvalue weighted by Gasteiger charge is -2.11. The highest BCUT2D eigenvalue weighted by molar-refractivity contribution is 6.03. The Morgan fingerprint density at radius 3 is 2.46 bits per heavy atom. The first kappa shape index (κ1) is 23.9. The van der Waals surface area contributed by atoms with Crippen LogP contribution in [-0.2, 0) is 16.0 Å². The van der Waals surface area contributed by atoms with E-state index in [-0.39, 0.29) is 29.4 Å². The SMILES string of the molecule is COC(=O)CCc1ccc(NC(=O)c2cnc(-c3c(-c4ccc(F)cc4)ncn3C(C)C)[nH]2)cc1. The molecule has 4 rings (SSSR count). The first-order valence-electron chi connectivity index (χ1n) is 11.2. The van der Waals surface area contributed by atoms with Crippen LogP contribution in [0, 0.1) is 5.82 Å². The lowest BCUT2D eigenvalue weighted by atomic mass is 10.1. The summed E-state index contributed by atoms with van der Waals surface area (Å²) in [5.74, 6) is -0.449. The van der Waals surface area contributed by atoms with E-state index in [2.05, 4.69) is 25.0 Å². The quantitative estimate of drug-likeness (QED) is 0.349. The topological polar surface area (TPSA) is 102 Å². The van der Waals surface area contributed by atoms with Crippen molar-refractivity contribution in [2.75, 3.05) is 12.4 Å². The Hall–Kier alpha value is -4.27. The van der Waals surface area contributed by atoms with Gasteiger partial charge in [0, 0.05) is 23.7 Å². The molecule has 0 atom stereocenters. The summed E-state index contributed by atoms with van der Waals surface area (Å²) in [7, 11) is 1.36. The fourth-order valence-corrected chi connectivity index (χ4v) is 3.66. The van der Waals surface area contributed by atoms with Crippen LogP contribution in [0.5, 0.6) is 0 Å². The summed E-state index contributed by atoms with van der Waals surface area (Å²) in [5.41, 5.74) is 3.97. The molecule has 0 spiro atoms. The van der Waals surface area contributed by atoms with Crippen molar-refractivity contribution in [3.8, 4) is 22.8 Å². The minimum Gasteiger partial charge on any atom is -0.469 e. The van der Waals surface area contributed by atoms with E-state index in [1.165, 1.54) is 25.4 Å². The fourth-order valence-electron chi connectivity index (χ4n) is 3.66. The minimum atomic E-state index is -0.343. The third kappa shape index (κ3) is 5.46. The molecule has 0 aliphatic heterocycles. The average molecular weight is 476 g/mol. The van der Waals surface area contributed by atoms with Crippen molar-refractivity contribution in [3.63, 3.8) is 0 Å². The van der Waals surface area contributed by atoms with Gasteiger partial charge in [0.05, 0.1) is 25.3 Å². The summed E-state index contributed by atoms with van der Waals surface area (Å²) in [6.07, 6.45) is 4.04. The third-order valence-electron chi connectivity index (χ3n) is 5.57. The van der Waals surface area contributed by atoms with Crippen LogP contribution in [0.2, 0.25) is 0 Å². The summed E-state index contributed by atoms with van der Waals surface area (Å²) in [6.45, 7) is 4.04. The Morgan fingerprint density at radius 2 is 1.80 bits per heavy atom. The van der Waals surface area contributed by atoms with Gasteiger partial charge < -0.3 is 19.6 Å². The normalized spacial score (nSPS) is 11.0. The number of carbonyl (C=O) groups excluding carboxylic acids is 2. The van der Waals surface area contributed by atoms with Gasteiger partial charge in [0.15, 0.2) is 5.82 Å². The monoisotopic (exact) mass is 475 g/mol. The number of hydrogen-bond acceptors (Lipinski definition) is 5. The number of esters is 1. The zero-order chi connectivity index (χ0) is 24.9. The molecule has 35 heavy (non-hydrogen) atoms. The van der Waals surface area contributed by atoms with Crippen molar-refractivity contribution in [2.24, 2.45) is 0 Å². The molecule has 9 heteroatoms. The predicted octanol–water partition coefficient (Wildman–Crippen LogP) is 5.02. The number of imidazole rings is 2. The van der Waals surface area contributed by atoms with Crippen molar-refractivity contribution < 1.29 is 18.7 Å². The number of amides is 1. The zero-order valence-electron chi connectivity index (χ0n) is 19.7. The highest BCUT2D eigenvalue weighted by Crippen LogP contribution is 2.31. The number of halogens is 1. The van der Waals surface area contributed by atoms with Crippen LogP contribution in [0.15, 0.2) is 61.1 Å². The zero-order valence-corrected chi connectivity index (χ0v) is 19.7. The molecule has 1 amide bonds. The van der Waals surface area contributed by atoms with Crippen molar-refractivity contribution in [1.29, 1.82) is 0 Å². The first-order valence-corrected chi connectivity index (χ1v) is 11.2. The Morgan fingerprint density at radius 1 is 1.09 bits per heavy atom. The molecule has 2 aromatic carbocycles. The number of ether oxygens (including phenoxy) is 1. The molecule has 0 aliphatic carbocycles. The number of rotatable bonds is 8. The van der Waals surface area contributed by atoms with Crippen molar-refractivity contribution in [2.45, 2.75) is 32.7 Å². The minimum absolute atomic E-state index is 0.0896. The number of H-pyrrole nitrogens is 1. The smallest absolute Gasteiger partial charge is 0.305 e. The Balaban J connectivity index is 1.53. The largest absolute Gasteiger partial charge is 0.469 e. The van der Waals surface area contributed by atoms with Gasteiger partial charge in [0.25, 0.3) is 5.91 Å². The Bertz CT molecular complexity index is 1320. The van der Waals surface area contributed by atoms with Gasteiger partial charge in [-0.25, -0.2) is 14.4 Å². The molecule has 180 valence electrons. The molecule has 4 aromatic rings. The number of aromatic nitrogens is 4. The lowest BCUT2D eigenvalue weighted by Crippen LogP contribution is -2.12. The Labute approximate surface area is 202 Å². The van der Waals surface area contributed by atoms with Crippen LogP contribution in [0.3, 0.4) is 0 Å². The number of aryl methyl sites for hydroxylation is 1. The van der Waals surface area contributed by atoms with E-state index in [9.17, 15) is 14.0 Å². The molecular formula is C26H26FN5O3. The number of aromatic amines is 1. The van der Waals surface area contributed by atoms with Gasteiger partial charge >= 0.3 is 5.97 Å². The standard InChI is InChI=1S/C26H26FN5O3/c1-16(2)32-15-29-23(18-7-9-19(27)10-8-18)24(32)25-28-14-21(31-25)26(34)30-20-11-4-17(5-12-20)6-13-22(33)35-3/h4-5,7-12,14-16H,6,13H2,1-3H3,(H,28,31)(H,30,34). The molecule has 0 saturated heterocycles. The van der Waals surface area contributed by atoms with Gasteiger partial charge in [-0.05, 0) is 62.2 Å². The van der Waals surface area contributed by atoms with Gasteiger partial charge in [-0.1, -0.05) is 12.1 Å². The predicted molar refractivity (Wildman–Crippen MR) is 130 cm³/mol. The molecule has 0 radical (unpaired) electrons. The molecule has 0 unspecified atom stereocenters. The van der Waals surface area contributed by atoms with Gasteiger partial charge in [0.1, 0.15) is 17.2 Å². The van der Waals surface area contributed by atoms with E-state index >= 15 is 0 Å². The second-order valence-corrected chi connectivity index (χ2v) is 8.32. The van der Waals surface area contributed by atoms with Gasteiger partial charge in [0.2, 0.25) is 0 Å². The molecule has 2 N–H and O–H groups in total. The van der Waals surface area contributed by atoms with Crippen LogP contribution in [-0.4, -0.2) is 38.5 Å². The molecule has 2 heterocycles. The molecule has 0 fully saturated rings. The number of hydrogen-bond donors (Lipinski definition) is 2. The maximum atomic E-state index is 13.4. The number of nitrogens with zero attached hydrogens (tertiary/aromatic N) is 3. The summed E-state index contributed by atoms with van der Waals surface area (Å²) in [6, 6.07) is 13.5. The fraction of sp³-hybridized carbons (Fsp3) is 0.231. The van der Waals surface area contributed by atoms with Crippen LogP contribution >= 0.6 is 0 Å². The second-order valence-electron chi connectivity index (χ2n) is 8.32. The van der Waals surface area contributed by atoms with Crippen LogP contribution in [0.1, 0.15) is 42.4 Å². The summed E-state index contributed by atoms with van der Waals surface area (Å²) >= 11 is 0. The first-order chi connectivity index (χ1) is 16.9. The number of anilines is 1. The summed E-state index contributed by atoms with van der Waals surface area (Å²) < 4.78 is 20.0. The summed E-state index contributed by atoms with van der Waals surface area (Å²) in [5, 5.41) is 2.84. The van der Waals surface area contributed by atoms with E-state index in [1.807, 2.05) is 30.5 Å². The van der Waals surface area contributed by atoms with Crippen LogP contribution in [0.4, 0.5) is 10.1 Å². The van der Waals surface area contributed by atoms with Gasteiger partial charge in [-0.2, -0.15) is 0 Å².